The van der Waals surface area contributed by atoms with Gasteiger partial charge in [-0.25, -0.2) is 18.7 Å². The summed E-state index contributed by atoms with van der Waals surface area (Å²) in [6.45, 7) is 2.02. The van der Waals surface area contributed by atoms with Gasteiger partial charge in [0.1, 0.15) is 23.3 Å². The first-order chi connectivity index (χ1) is 9.13. The summed E-state index contributed by atoms with van der Waals surface area (Å²) >= 11 is 0. The lowest BCUT2D eigenvalue weighted by Gasteiger charge is -2.08. The summed E-state index contributed by atoms with van der Waals surface area (Å²) in [5.41, 5.74) is 0.734. The molecule has 5 heteroatoms. The molecular formula is C14H15F2N3. The average molecular weight is 263 g/mol. The fraction of sp³-hybridized carbons (Fsp3) is 0.286. The maximum Gasteiger partial charge on any atom is 0.135 e. The summed E-state index contributed by atoms with van der Waals surface area (Å²) in [5.74, 6) is 0.0476. The van der Waals surface area contributed by atoms with Crippen molar-refractivity contribution >= 4 is 5.82 Å². The Morgan fingerprint density at radius 2 is 1.95 bits per heavy atom. The summed E-state index contributed by atoms with van der Waals surface area (Å²) in [5, 5.41) is 2.92. The highest BCUT2D eigenvalue weighted by Crippen LogP contribution is 2.23. The smallest absolute Gasteiger partial charge is 0.135 e. The maximum atomic E-state index is 13.8. The third-order valence-corrected chi connectivity index (χ3v) is 2.71. The molecule has 0 saturated heterocycles. The Balaban J connectivity index is 2.51. The number of halogens is 2. The average Bonchev–Trinajstić information content (AvgIpc) is 2.38. The van der Waals surface area contributed by atoms with Gasteiger partial charge in [0.15, 0.2) is 0 Å². The van der Waals surface area contributed by atoms with Crippen molar-refractivity contribution in [1.82, 2.24) is 9.97 Å². The Bertz CT molecular complexity index is 585. The van der Waals surface area contributed by atoms with Crippen molar-refractivity contribution in [1.29, 1.82) is 0 Å². The first kappa shape index (κ1) is 13.4. The Kier molecular flexibility index (Phi) is 4.04. The second-order valence-electron chi connectivity index (χ2n) is 4.18. The zero-order valence-electron chi connectivity index (χ0n) is 10.9. The second-order valence-corrected chi connectivity index (χ2v) is 4.18. The van der Waals surface area contributed by atoms with E-state index in [-0.39, 0.29) is 5.56 Å². The van der Waals surface area contributed by atoms with Crippen molar-refractivity contribution in [2.24, 2.45) is 0 Å². The third-order valence-electron chi connectivity index (χ3n) is 2.71. The molecule has 3 nitrogen and oxygen atoms in total. The molecule has 2 rings (SSSR count). The fourth-order valence-corrected chi connectivity index (χ4v) is 1.80. The highest BCUT2D eigenvalue weighted by atomic mass is 19.1. The monoisotopic (exact) mass is 263 g/mol. The molecule has 0 radical (unpaired) electrons. The predicted octanol–water partition coefficient (Wildman–Crippen LogP) is 3.42. The first-order valence-electron chi connectivity index (χ1n) is 6.15. The Morgan fingerprint density at radius 3 is 2.58 bits per heavy atom. The van der Waals surface area contributed by atoms with E-state index in [1.807, 2.05) is 6.92 Å². The van der Waals surface area contributed by atoms with Crippen molar-refractivity contribution in [2.75, 3.05) is 12.4 Å². The molecule has 2 aromatic rings. The number of anilines is 1. The Hall–Kier alpha value is -2.04. The molecule has 1 N–H and O–H groups in total. The third kappa shape index (κ3) is 3.05. The van der Waals surface area contributed by atoms with Crippen molar-refractivity contribution < 1.29 is 8.78 Å². The summed E-state index contributed by atoms with van der Waals surface area (Å²) in [6, 6.07) is 5.12. The van der Waals surface area contributed by atoms with Crippen molar-refractivity contribution in [3.05, 3.63) is 41.7 Å². The van der Waals surface area contributed by atoms with Crippen LogP contribution in [0.1, 0.15) is 19.2 Å². The quantitative estimate of drug-likeness (QED) is 0.918. The molecule has 0 atom stereocenters. The number of rotatable bonds is 4. The minimum atomic E-state index is -0.622. The van der Waals surface area contributed by atoms with Gasteiger partial charge in [0, 0.05) is 31.2 Å². The Labute approximate surface area is 110 Å². The fourth-order valence-electron chi connectivity index (χ4n) is 1.80. The zero-order valence-corrected chi connectivity index (χ0v) is 10.9. The molecule has 1 heterocycles. The minimum absolute atomic E-state index is 0.276. The Morgan fingerprint density at radius 1 is 1.16 bits per heavy atom. The van der Waals surface area contributed by atoms with Crippen LogP contribution in [0.3, 0.4) is 0 Å². The molecule has 0 aliphatic carbocycles. The van der Waals surface area contributed by atoms with E-state index in [4.69, 9.17) is 0 Å². The van der Waals surface area contributed by atoms with Gasteiger partial charge in [-0.05, 0) is 18.6 Å². The largest absolute Gasteiger partial charge is 0.373 e. The molecule has 0 spiro atoms. The van der Waals surface area contributed by atoms with Crippen molar-refractivity contribution in [2.45, 2.75) is 19.8 Å². The van der Waals surface area contributed by atoms with E-state index in [1.54, 1.807) is 13.1 Å². The second kappa shape index (κ2) is 5.73. The number of hydrogen-bond acceptors (Lipinski definition) is 3. The van der Waals surface area contributed by atoms with E-state index in [0.717, 1.165) is 12.5 Å². The summed E-state index contributed by atoms with van der Waals surface area (Å²) < 4.78 is 26.7. The van der Waals surface area contributed by atoms with Crippen LogP contribution in [0.15, 0.2) is 24.3 Å². The molecule has 19 heavy (non-hydrogen) atoms. The first-order valence-corrected chi connectivity index (χ1v) is 6.15. The lowest BCUT2D eigenvalue weighted by molar-refractivity contribution is 0.585. The molecular weight excluding hydrogens is 248 g/mol. The standard InChI is InChI=1S/C14H15F2N3/c1-3-4-13-18-12(8-14(17-2)19-13)10-6-5-9(15)7-11(10)16/h5-8H,3-4H2,1-2H3,(H,17,18,19). The summed E-state index contributed by atoms with van der Waals surface area (Å²) in [4.78, 5) is 8.61. The summed E-state index contributed by atoms with van der Waals surface area (Å²) in [6.07, 6.45) is 1.61. The minimum Gasteiger partial charge on any atom is -0.373 e. The van der Waals surface area contributed by atoms with Gasteiger partial charge in [-0.15, -0.1) is 0 Å². The molecule has 0 aliphatic rings. The number of aryl methyl sites for hydroxylation is 1. The van der Waals surface area contributed by atoms with E-state index in [9.17, 15) is 8.78 Å². The van der Waals surface area contributed by atoms with Crippen LogP contribution in [0.25, 0.3) is 11.3 Å². The van der Waals surface area contributed by atoms with Gasteiger partial charge in [0.2, 0.25) is 0 Å². The van der Waals surface area contributed by atoms with Gasteiger partial charge in [0.05, 0.1) is 5.69 Å². The van der Waals surface area contributed by atoms with Gasteiger partial charge in [-0.1, -0.05) is 6.92 Å². The molecule has 100 valence electrons. The zero-order chi connectivity index (χ0) is 13.8. The van der Waals surface area contributed by atoms with Gasteiger partial charge in [-0.2, -0.15) is 0 Å². The van der Waals surface area contributed by atoms with Gasteiger partial charge in [0.25, 0.3) is 0 Å². The number of hydrogen-bond donors (Lipinski definition) is 1. The van der Waals surface area contributed by atoms with Crippen LogP contribution in [0.4, 0.5) is 14.6 Å². The highest BCUT2D eigenvalue weighted by molar-refractivity contribution is 5.63. The van der Waals surface area contributed by atoms with Crippen LogP contribution in [0, 0.1) is 11.6 Å². The van der Waals surface area contributed by atoms with Crippen LogP contribution in [0.5, 0.6) is 0 Å². The molecule has 1 aromatic carbocycles. The highest BCUT2D eigenvalue weighted by Gasteiger charge is 2.10. The predicted molar refractivity (Wildman–Crippen MR) is 70.9 cm³/mol. The number of nitrogens with one attached hydrogen (secondary N) is 1. The van der Waals surface area contributed by atoms with Crippen LogP contribution < -0.4 is 5.32 Å². The van der Waals surface area contributed by atoms with E-state index < -0.39 is 11.6 Å². The molecule has 0 bridgehead atoms. The topological polar surface area (TPSA) is 37.8 Å². The molecule has 0 saturated carbocycles. The van der Waals surface area contributed by atoms with Crippen LogP contribution >= 0.6 is 0 Å². The number of aromatic nitrogens is 2. The van der Waals surface area contributed by atoms with Crippen LogP contribution in [-0.4, -0.2) is 17.0 Å². The number of nitrogens with zero attached hydrogens (tertiary/aromatic N) is 2. The van der Waals surface area contributed by atoms with Crippen molar-refractivity contribution in [3.63, 3.8) is 0 Å². The lowest BCUT2D eigenvalue weighted by Crippen LogP contribution is -2.02. The molecule has 0 unspecified atom stereocenters. The normalized spacial score (nSPS) is 10.5. The van der Waals surface area contributed by atoms with E-state index in [2.05, 4.69) is 15.3 Å². The molecule has 0 fully saturated rings. The number of benzene rings is 1. The van der Waals surface area contributed by atoms with Gasteiger partial charge < -0.3 is 5.32 Å². The van der Waals surface area contributed by atoms with E-state index in [1.165, 1.54) is 12.1 Å². The maximum absolute atomic E-state index is 13.8. The van der Waals surface area contributed by atoms with Crippen molar-refractivity contribution in [3.8, 4) is 11.3 Å². The van der Waals surface area contributed by atoms with E-state index in [0.29, 0.717) is 23.8 Å². The molecule has 0 aliphatic heterocycles. The van der Waals surface area contributed by atoms with Crippen LogP contribution in [-0.2, 0) is 6.42 Å². The lowest BCUT2D eigenvalue weighted by atomic mass is 10.1. The van der Waals surface area contributed by atoms with E-state index >= 15 is 0 Å². The summed E-state index contributed by atoms with van der Waals surface area (Å²) in [7, 11) is 1.74. The van der Waals surface area contributed by atoms with Gasteiger partial charge >= 0.3 is 0 Å². The molecule has 0 amide bonds. The van der Waals surface area contributed by atoms with Crippen LogP contribution in [0.2, 0.25) is 0 Å². The SMILES string of the molecule is CCCc1nc(NC)cc(-c2ccc(F)cc2F)n1. The molecule has 1 aromatic heterocycles. The van der Waals surface area contributed by atoms with Gasteiger partial charge in [-0.3, -0.25) is 0 Å².